The average Bonchev–Trinajstić information content (AvgIpc) is 2.27. The van der Waals surface area contributed by atoms with Crippen molar-refractivity contribution in [2.45, 2.75) is 45.6 Å². The molecule has 4 heteroatoms. The lowest BCUT2D eigenvalue weighted by Gasteiger charge is -2.19. The molecule has 0 aliphatic heterocycles. The SMILES string of the molecule is CC(C)(C)OC(=O)CCC(=O)Cc1ccc(Cl)cc1. The van der Waals surface area contributed by atoms with Crippen LogP contribution in [0.25, 0.3) is 0 Å². The molecular formula is C15H19ClO3. The van der Waals surface area contributed by atoms with Gasteiger partial charge in [0.05, 0.1) is 6.42 Å². The Balaban J connectivity index is 2.36. The number of hydrogen-bond donors (Lipinski definition) is 0. The molecule has 0 spiro atoms. The van der Waals surface area contributed by atoms with E-state index in [1.807, 2.05) is 12.1 Å². The van der Waals surface area contributed by atoms with Gasteiger partial charge in [-0.15, -0.1) is 0 Å². The van der Waals surface area contributed by atoms with Crippen LogP contribution in [0, 0.1) is 0 Å². The summed E-state index contributed by atoms with van der Waals surface area (Å²) in [5.41, 5.74) is 0.398. The number of benzene rings is 1. The summed E-state index contributed by atoms with van der Waals surface area (Å²) in [6.07, 6.45) is 0.654. The fraction of sp³-hybridized carbons (Fsp3) is 0.467. The van der Waals surface area contributed by atoms with Gasteiger partial charge in [0, 0.05) is 17.9 Å². The Morgan fingerprint density at radius 2 is 1.68 bits per heavy atom. The number of rotatable bonds is 5. The first-order valence-electron chi connectivity index (χ1n) is 6.24. The van der Waals surface area contributed by atoms with Gasteiger partial charge in [0.25, 0.3) is 0 Å². The maximum absolute atomic E-state index is 11.7. The Kier molecular flexibility index (Phi) is 5.55. The van der Waals surface area contributed by atoms with Crippen molar-refractivity contribution in [2.75, 3.05) is 0 Å². The van der Waals surface area contributed by atoms with Crippen LogP contribution in [-0.2, 0) is 20.7 Å². The quantitative estimate of drug-likeness (QED) is 0.776. The lowest BCUT2D eigenvalue weighted by atomic mass is 10.1. The van der Waals surface area contributed by atoms with Crippen molar-refractivity contribution in [3.63, 3.8) is 0 Å². The third-order valence-corrected chi connectivity index (χ3v) is 2.59. The number of ether oxygens (including phenoxy) is 1. The van der Waals surface area contributed by atoms with Crippen molar-refractivity contribution in [2.24, 2.45) is 0 Å². The number of carbonyl (C=O) groups excluding carboxylic acids is 2. The first-order chi connectivity index (χ1) is 8.76. The smallest absolute Gasteiger partial charge is 0.306 e. The summed E-state index contributed by atoms with van der Waals surface area (Å²) in [6, 6.07) is 7.12. The van der Waals surface area contributed by atoms with Crippen molar-refractivity contribution in [3.8, 4) is 0 Å². The maximum atomic E-state index is 11.7. The average molecular weight is 283 g/mol. The predicted molar refractivity (Wildman–Crippen MR) is 75.2 cm³/mol. The molecule has 0 N–H and O–H groups in total. The number of Topliss-reactive ketones (excluding diaryl/α,β-unsaturated/α-hetero) is 1. The summed E-state index contributed by atoms with van der Waals surface area (Å²) in [4.78, 5) is 23.2. The Morgan fingerprint density at radius 1 is 1.11 bits per heavy atom. The van der Waals surface area contributed by atoms with Crippen LogP contribution in [0.2, 0.25) is 5.02 Å². The molecule has 0 bridgehead atoms. The summed E-state index contributed by atoms with van der Waals surface area (Å²) in [6.45, 7) is 5.42. The molecule has 0 unspecified atom stereocenters. The van der Waals surface area contributed by atoms with Crippen molar-refractivity contribution in [3.05, 3.63) is 34.9 Å². The zero-order valence-corrected chi connectivity index (χ0v) is 12.3. The molecule has 0 aliphatic carbocycles. The molecule has 3 nitrogen and oxygen atoms in total. The van der Waals surface area contributed by atoms with E-state index in [2.05, 4.69) is 0 Å². The highest BCUT2D eigenvalue weighted by atomic mass is 35.5. The number of esters is 1. The largest absolute Gasteiger partial charge is 0.460 e. The summed E-state index contributed by atoms with van der Waals surface area (Å²) in [7, 11) is 0. The van der Waals surface area contributed by atoms with Crippen LogP contribution in [0.5, 0.6) is 0 Å². The van der Waals surface area contributed by atoms with Gasteiger partial charge in [-0.25, -0.2) is 0 Å². The van der Waals surface area contributed by atoms with Crippen LogP contribution < -0.4 is 0 Å². The standard InChI is InChI=1S/C15H19ClO3/c1-15(2,3)19-14(18)9-8-13(17)10-11-4-6-12(16)7-5-11/h4-7H,8-10H2,1-3H3. The van der Waals surface area contributed by atoms with Gasteiger partial charge in [-0.2, -0.15) is 0 Å². The van der Waals surface area contributed by atoms with E-state index in [0.717, 1.165) is 5.56 Å². The fourth-order valence-corrected chi connectivity index (χ4v) is 1.68. The first kappa shape index (κ1) is 15.7. The summed E-state index contributed by atoms with van der Waals surface area (Å²) < 4.78 is 5.15. The molecule has 1 aromatic carbocycles. The molecule has 1 aromatic rings. The number of carbonyl (C=O) groups is 2. The van der Waals surface area contributed by atoms with E-state index in [9.17, 15) is 9.59 Å². The fourth-order valence-electron chi connectivity index (χ4n) is 1.55. The summed E-state index contributed by atoms with van der Waals surface area (Å²) in [5.74, 6) is -0.315. The van der Waals surface area contributed by atoms with Crippen LogP contribution in [0.15, 0.2) is 24.3 Å². The van der Waals surface area contributed by atoms with Crippen LogP contribution in [0.3, 0.4) is 0 Å². The van der Waals surface area contributed by atoms with Crippen LogP contribution >= 0.6 is 11.6 Å². The van der Waals surface area contributed by atoms with Crippen LogP contribution in [-0.4, -0.2) is 17.4 Å². The monoisotopic (exact) mass is 282 g/mol. The lowest BCUT2D eigenvalue weighted by molar-refractivity contribution is -0.155. The minimum absolute atomic E-state index is 0.0215. The van der Waals surface area contributed by atoms with Gasteiger partial charge in [-0.05, 0) is 38.5 Å². The van der Waals surface area contributed by atoms with Crippen LogP contribution in [0.4, 0.5) is 0 Å². The molecule has 1 rings (SSSR count). The van der Waals surface area contributed by atoms with E-state index in [1.165, 1.54) is 0 Å². The normalized spacial score (nSPS) is 11.2. The maximum Gasteiger partial charge on any atom is 0.306 e. The second-order valence-electron chi connectivity index (χ2n) is 5.43. The van der Waals surface area contributed by atoms with E-state index >= 15 is 0 Å². The van der Waals surface area contributed by atoms with Gasteiger partial charge < -0.3 is 4.74 Å². The van der Waals surface area contributed by atoms with Crippen molar-refractivity contribution < 1.29 is 14.3 Å². The summed E-state index contributed by atoms with van der Waals surface area (Å²) >= 11 is 5.77. The third-order valence-electron chi connectivity index (χ3n) is 2.34. The van der Waals surface area contributed by atoms with Crippen molar-refractivity contribution in [1.82, 2.24) is 0 Å². The molecule has 0 heterocycles. The Labute approximate surface area is 118 Å². The van der Waals surface area contributed by atoms with Gasteiger partial charge in [0.1, 0.15) is 11.4 Å². The molecule has 104 valence electrons. The first-order valence-corrected chi connectivity index (χ1v) is 6.62. The van der Waals surface area contributed by atoms with Crippen molar-refractivity contribution >= 4 is 23.4 Å². The van der Waals surface area contributed by atoms with Gasteiger partial charge >= 0.3 is 5.97 Å². The van der Waals surface area contributed by atoms with E-state index < -0.39 is 5.60 Å². The Hall–Kier alpha value is -1.35. The van der Waals surface area contributed by atoms with Gasteiger partial charge in [0.15, 0.2) is 0 Å². The van der Waals surface area contributed by atoms with Gasteiger partial charge in [-0.3, -0.25) is 9.59 Å². The van der Waals surface area contributed by atoms with Gasteiger partial charge in [0.2, 0.25) is 0 Å². The zero-order chi connectivity index (χ0) is 14.5. The highest BCUT2D eigenvalue weighted by Crippen LogP contribution is 2.12. The Morgan fingerprint density at radius 3 is 2.21 bits per heavy atom. The van der Waals surface area contributed by atoms with Gasteiger partial charge in [-0.1, -0.05) is 23.7 Å². The zero-order valence-electron chi connectivity index (χ0n) is 11.5. The molecule has 0 fully saturated rings. The summed E-state index contributed by atoms with van der Waals surface area (Å²) in [5, 5.41) is 0.643. The molecule has 0 aliphatic rings. The molecule has 0 radical (unpaired) electrons. The van der Waals surface area contributed by atoms with E-state index in [-0.39, 0.29) is 24.6 Å². The lowest BCUT2D eigenvalue weighted by Crippen LogP contribution is -2.24. The second kappa shape index (κ2) is 6.71. The van der Waals surface area contributed by atoms with E-state index in [4.69, 9.17) is 16.3 Å². The molecule has 19 heavy (non-hydrogen) atoms. The number of ketones is 1. The molecular weight excluding hydrogens is 264 g/mol. The minimum atomic E-state index is -0.504. The van der Waals surface area contributed by atoms with E-state index in [0.29, 0.717) is 11.4 Å². The predicted octanol–water partition coefficient (Wildman–Crippen LogP) is 3.57. The Bertz CT molecular complexity index is 443. The highest BCUT2D eigenvalue weighted by molar-refractivity contribution is 6.30. The molecule has 0 saturated carbocycles. The molecule has 0 aromatic heterocycles. The molecule has 0 atom stereocenters. The molecule has 0 saturated heterocycles. The third kappa shape index (κ3) is 6.97. The van der Waals surface area contributed by atoms with Crippen molar-refractivity contribution in [1.29, 1.82) is 0 Å². The topological polar surface area (TPSA) is 43.4 Å². The number of hydrogen-bond acceptors (Lipinski definition) is 3. The minimum Gasteiger partial charge on any atom is -0.460 e. The van der Waals surface area contributed by atoms with E-state index in [1.54, 1.807) is 32.9 Å². The number of halogens is 1. The second-order valence-corrected chi connectivity index (χ2v) is 5.86. The van der Waals surface area contributed by atoms with Crippen LogP contribution in [0.1, 0.15) is 39.2 Å². The molecule has 0 amide bonds. The highest BCUT2D eigenvalue weighted by Gasteiger charge is 2.17.